The smallest absolute Gasteiger partial charge is 0.256 e. The quantitative estimate of drug-likeness (QED) is 0.793. The second-order valence-electron chi connectivity index (χ2n) is 5.32. The minimum absolute atomic E-state index is 0.0986. The number of nitrogens with one attached hydrogen (secondary N) is 1. The molecule has 4 nitrogen and oxygen atoms in total. The van der Waals surface area contributed by atoms with Crippen LogP contribution in [0.15, 0.2) is 24.4 Å². The van der Waals surface area contributed by atoms with Crippen molar-refractivity contribution in [2.45, 2.75) is 25.1 Å². The number of carbonyl (C=O) groups is 1. The highest BCUT2D eigenvalue weighted by Crippen LogP contribution is 2.28. The molecule has 2 aromatic rings. The number of thioether (sulfide) groups is 1. The lowest BCUT2D eigenvalue weighted by molar-refractivity contribution is 0.0700. The summed E-state index contributed by atoms with van der Waals surface area (Å²) in [6.07, 6.45) is 1.80. The van der Waals surface area contributed by atoms with Crippen LogP contribution >= 0.6 is 11.8 Å². The zero-order chi connectivity index (χ0) is 14.3. The molecule has 3 rings (SSSR count). The molecule has 1 aliphatic rings. The Balaban J connectivity index is 1.98. The summed E-state index contributed by atoms with van der Waals surface area (Å²) in [7, 11) is 0. The van der Waals surface area contributed by atoms with Gasteiger partial charge in [-0.25, -0.2) is 0 Å². The van der Waals surface area contributed by atoms with Gasteiger partial charge in [-0.2, -0.15) is 11.8 Å². The van der Waals surface area contributed by atoms with Crippen LogP contribution in [0.25, 0.3) is 10.9 Å². The number of H-pyrrole nitrogens is 1. The summed E-state index contributed by atoms with van der Waals surface area (Å²) in [5.41, 5.74) is 8.19. The van der Waals surface area contributed by atoms with Crippen LogP contribution in [0.5, 0.6) is 0 Å². The average Bonchev–Trinajstić information content (AvgIpc) is 2.84. The normalized spacial score (nSPS) is 23.2. The monoisotopic (exact) mass is 289 g/mol. The van der Waals surface area contributed by atoms with Gasteiger partial charge >= 0.3 is 0 Å². The van der Waals surface area contributed by atoms with Gasteiger partial charge < -0.3 is 15.6 Å². The molecule has 0 spiro atoms. The highest BCUT2D eigenvalue weighted by Gasteiger charge is 2.30. The van der Waals surface area contributed by atoms with Crippen molar-refractivity contribution in [2.24, 2.45) is 0 Å². The third-order valence-electron chi connectivity index (χ3n) is 4.08. The van der Waals surface area contributed by atoms with Gasteiger partial charge in [0.1, 0.15) is 0 Å². The Morgan fingerprint density at radius 2 is 2.25 bits per heavy atom. The number of rotatable bonds is 1. The van der Waals surface area contributed by atoms with Crippen LogP contribution in [0.4, 0.5) is 5.69 Å². The summed E-state index contributed by atoms with van der Waals surface area (Å²) >= 11 is 1.93. The van der Waals surface area contributed by atoms with Crippen molar-refractivity contribution >= 4 is 34.3 Å². The Kier molecular flexibility index (Phi) is 3.38. The summed E-state index contributed by atoms with van der Waals surface area (Å²) in [5.74, 6) is 1.10. The fourth-order valence-electron chi connectivity index (χ4n) is 2.69. The molecule has 0 bridgehead atoms. The lowest BCUT2D eigenvalue weighted by Gasteiger charge is -2.37. The standard InChI is InChI=1S/C15H19N3OS/c1-9-10(2)20-6-5-18(9)15(19)13-8-17-14-4-3-11(16)7-12(13)14/h3-4,7-10,17H,5-6,16H2,1-2H3. The van der Waals surface area contributed by atoms with E-state index in [0.29, 0.717) is 10.9 Å². The van der Waals surface area contributed by atoms with Crippen molar-refractivity contribution in [3.05, 3.63) is 30.0 Å². The summed E-state index contributed by atoms with van der Waals surface area (Å²) in [6, 6.07) is 5.88. The molecule has 1 saturated heterocycles. The lowest BCUT2D eigenvalue weighted by atomic mass is 10.1. The molecule has 20 heavy (non-hydrogen) atoms. The van der Waals surface area contributed by atoms with Gasteiger partial charge in [0, 0.05) is 46.4 Å². The molecule has 1 fully saturated rings. The molecule has 2 unspecified atom stereocenters. The highest BCUT2D eigenvalue weighted by molar-refractivity contribution is 8.00. The number of carbonyl (C=O) groups excluding carboxylic acids is 1. The number of aromatic amines is 1. The Hall–Kier alpha value is -1.62. The zero-order valence-corrected chi connectivity index (χ0v) is 12.5. The molecule has 106 valence electrons. The molecule has 0 aliphatic carbocycles. The predicted octanol–water partition coefficient (Wildman–Crippen LogP) is 2.72. The number of hydrogen-bond donors (Lipinski definition) is 2. The minimum Gasteiger partial charge on any atom is -0.399 e. The first kappa shape index (κ1) is 13.4. The molecule has 1 aromatic carbocycles. The number of nitrogen functional groups attached to an aromatic ring is 1. The van der Waals surface area contributed by atoms with Crippen LogP contribution in [0.3, 0.4) is 0 Å². The molecule has 2 heterocycles. The van der Waals surface area contributed by atoms with E-state index in [4.69, 9.17) is 5.73 Å². The van der Waals surface area contributed by atoms with E-state index in [2.05, 4.69) is 18.8 Å². The first-order valence-electron chi connectivity index (χ1n) is 6.87. The molecule has 0 radical (unpaired) electrons. The predicted molar refractivity (Wildman–Crippen MR) is 85.1 cm³/mol. The fraction of sp³-hybridized carbons (Fsp3) is 0.400. The maximum atomic E-state index is 12.8. The third-order valence-corrected chi connectivity index (χ3v) is 5.42. The Bertz CT molecular complexity index is 652. The molecule has 1 aliphatic heterocycles. The number of hydrogen-bond acceptors (Lipinski definition) is 3. The van der Waals surface area contributed by atoms with Crippen LogP contribution in [0.2, 0.25) is 0 Å². The van der Waals surface area contributed by atoms with Gasteiger partial charge in [0.15, 0.2) is 0 Å². The highest BCUT2D eigenvalue weighted by atomic mass is 32.2. The van der Waals surface area contributed by atoms with Crippen LogP contribution in [-0.2, 0) is 0 Å². The Morgan fingerprint density at radius 3 is 3.05 bits per heavy atom. The lowest BCUT2D eigenvalue weighted by Crippen LogP contribution is -2.47. The Labute approximate surface area is 122 Å². The average molecular weight is 289 g/mol. The second-order valence-corrected chi connectivity index (χ2v) is 6.81. The number of anilines is 1. The first-order chi connectivity index (χ1) is 9.58. The van der Waals surface area contributed by atoms with Gasteiger partial charge in [0.25, 0.3) is 5.91 Å². The van der Waals surface area contributed by atoms with Crippen LogP contribution < -0.4 is 5.73 Å². The summed E-state index contributed by atoms with van der Waals surface area (Å²) in [6.45, 7) is 5.11. The number of nitrogens with zero attached hydrogens (tertiary/aromatic N) is 1. The number of nitrogens with two attached hydrogens (primary N) is 1. The van der Waals surface area contributed by atoms with Gasteiger partial charge in [0.05, 0.1) is 5.56 Å². The minimum atomic E-state index is 0.0986. The topological polar surface area (TPSA) is 62.1 Å². The van der Waals surface area contributed by atoms with Gasteiger partial charge in [-0.3, -0.25) is 4.79 Å². The number of fused-ring (bicyclic) bond motifs is 1. The van der Waals surface area contributed by atoms with Crippen molar-refractivity contribution in [1.29, 1.82) is 0 Å². The first-order valence-corrected chi connectivity index (χ1v) is 7.92. The maximum absolute atomic E-state index is 12.8. The fourth-order valence-corrected chi connectivity index (χ4v) is 3.79. The van der Waals surface area contributed by atoms with E-state index in [0.717, 1.165) is 28.8 Å². The van der Waals surface area contributed by atoms with Crippen molar-refractivity contribution in [2.75, 3.05) is 18.0 Å². The van der Waals surface area contributed by atoms with E-state index in [1.165, 1.54) is 0 Å². The van der Waals surface area contributed by atoms with Gasteiger partial charge in [-0.1, -0.05) is 6.92 Å². The Morgan fingerprint density at radius 1 is 1.45 bits per heavy atom. The van der Waals surface area contributed by atoms with E-state index in [9.17, 15) is 4.79 Å². The van der Waals surface area contributed by atoms with Crippen LogP contribution in [0, 0.1) is 0 Å². The summed E-state index contributed by atoms with van der Waals surface area (Å²) in [5, 5.41) is 1.39. The molecule has 5 heteroatoms. The van der Waals surface area contributed by atoms with E-state index < -0.39 is 0 Å². The molecule has 0 saturated carbocycles. The molecule has 2 atom stereocenters. The number of benzene rings is 1. The summed E-state index contributed by atoms with van der Waals surface area (Å²) < 4.78 is 0. The summed E-state index contributed by atoms with van der Waals surface area (Å²) in [4.78, 5) is 17.9. The second kappa shape index (κ2) is 5.05. The largest absolute Gasteiger partial charge is 0.399 e. The zero-order valence-electron chi connectivity index (χ0n) is 11.7. The molecule has 3 N–H and O–H groups in total. The van der Waals surface area contributed by atoms with E-state index in [1.807, 2.05) is 34.9 Å². The SMILES string of the molecule is CC1SCCN(C(=O)c2c[nH]c3ccc(N)cc23)C1C. The molecule has 1 amide bonds. The third kappa shape index (κ3) is 2.16. The molecular formula is C15H19N3OS. The van der Waals surface area contributed by atoms with Gasteiger partial charge in [-0.15, -0.1) is 0 Å². The maximum Gasteiger partial charge on any atom is 0.256 e. The van der Waals surface area contributed by atoms with Crippen molar-refractivity contribution in [3.8, 4) is 0 Å². The number of amides is 1. The van der Waals surface area contributed by atoms with Crippen molar-refractivity contribution in [1.82, 2.24) is 9.88 Å². The van der Waals surface area contributed by atoms with E-state index >= 15 is 0 Å². The van der Waals surface area contributed by atoms with E-state index in [1.54, 1.807) is 6.20 Å². The van der Waals surface area contributed by atoms with Gasteiger partial charge in [0.2, 0.25) is 0 Å². The molecular weight excluding hydrogens is 270 g/mol. The number of aromatic nitrogens is 1. The van der Waals surface area contributed by atoms with E-state index in [-0.39, 0.29) is 11.9 Å². The molecule has 1 aromatic heterocycles. The van der Waals surface area contributed by atoms with Crippen molar-refractivity contribution < 1.29 is 4.79 Å². The van der Waals surface area contributed by atoms with Crippen LogP contribution in [-0.4, -0.2) is 39.4 Å². The van der Waals surface area contributed by atoms with Gasteiger partial charge in [-0.05, 0) is 25.1 Å². The van der Waals surface area contributed by atoms with Crippen molar-refractivity contribution in [3.63, 3.8) is 0 Å². The van der Waals surface area contributed by atoms with Crippen LogP contribution in [0.1, 0.15) is 24.2 Å².